The Balaban J connectivity index is 2.49. The Labute approximate surface area is 108 Å². The number of hydrogen-bond donors (Lipinski definition) is 0. The molecule has 1 aliphatic rings. The van der Waals surface area contributed by atoms with Gasteiger partial charge in [-0.15, -0.1) is 10.2 Å². The van der Waals surface area contributed by atoms with Gasteiger partial charge in [0.05, 0.1) is 7.11 Å². The molecule has 0 fully saturated rings. The summed E-state index contributed by atoms with van der Waals surface area (Å²) >= 11 is 0. The summed E-state index contributed by atoms with van der Waals surface area (Å²) in [5.74, 6) is -0.776. The van der Waals surface area contributed by atoms with Gasteiger partial charge >= 0.3 is 6.18 Å². The molecule has 0 unspecified atom stereocenters. The van der Waals surface area contributed by atoms with E-state index in [2.05, 4.69) is 10.2 Å². The van der Waals surface area contributed by atoms with Gasteiger partial charge in [0.2, 0.25) is 5.82 Å². The first-order valence-electron chi connectivity index (χ1n) is 5.86. The van der Waals surface area contributed by atoms with Gasteiger partial charge in [0.1, 0.15) is 12.0 Å². The minimum absolute atomic E-state index is 0.140. The first-order chi connectivity index (χ1) is 8.86. The summed E-state index contributed by atoms with van der Waals surface area (Å²) in [7, 11) is 1.45. The van der Waals surface area contributed by atoms with Crippen molar-refractivity contribution in [3.63, 3.8) is 0 Å². The van der Waals surface area contributed by atoms with Gasteiger partial charge in [0.25, 0.3) is 0 Å². The van der Waals surface area contributed by atoms with Crippen LogP contribution in [0.3, 0.4) is 0 Å². The number of rotatable bonds is 2. The summed E-state index contributed by atoms with van der Waals surface area (Å²) in [6, 6.07) is 0.140. The fourth-order valence-corrected chi connectivity index (χ4v) is 2.14. The molecule has 0 atom stereocenters. The Bertz CT molecular complexity index is 493. The lowest BCUT2D eigenvalue weighted by molar-refractivity contribution is -0.147. The highest BCUT2D eigenvalue weighted by atomic mass is 19.4. The number of methoxy groups -OCH3 is 1. The molecule has 2 heterocycles. The molecule has 1 aromatic rings. The van der Waals surface area contributed by atoms with E-state index in [1.165, 1.54) is 13.4 Å². The molecule has 0 amide bonds. The minimum atomic E-state index is -4.50. The van der Waals surface area contributed by atoms with E-state index >= 15 is 0 Å². The van der Waals surface area contributed by atoms with Crippen molar-refractivity contribution in [2.24, 2.45) is 0 Å². The summed E-state index contributed by atoms with van der Waals surface area (Å²) in [5.41, 5.74) is 0.520. The summed E-state index contributed by atoms with van der Waals surface area (Å²) in [6.45, 7) is 4.58. The SMILES string of the molecule is CO/C=C1/c2nnc(C(F)(F)F)n2CCN1C(C)C. The Kier molecular flexibility index (Phi) is 3.42. The number of fused-ring (bicyclic) bond motifs is 1. The van der Waals surface area contributed by atoms with Crippen molar-refractivity contribution < 1.29 is 17.9 Å². The van der Waals surface area contributed by atoms with Crippen molar-refractivity contribution in [3.8, 4) is 0 Å². The first-order valence-corrected chi connectivity index (χ1v) is 5.86. The predicted molar refractivity (Wildman–Crippen MR) is 61.9 cm³/mol. The molecule has 0 bridgehead atoms. The average molecular weight is 276 g/mol. The zero-order valence-corrected chi connectivity index (χ0v) is 10.9. The van der Waals surface area contributed by atoms with Crippen LogP contribution >= 0.6 is 0 Å². The molecule has 19 heavy (non-hydrogen) atoms. The van der Waals surface area contributed by atoms with Gasteiger partial charge in [-0.05, 0) is 13.8 Å². The molecule has 0 spiro atoms. The molecule has 0 N–H and O–H groups in total. The molecule has 1 aromatic heterocycles. The fraction of sp³-hybridized carbons (Fsp3) is 0.636. The zero-order valence-electron chi connectivity index (χ0n) is 10.9. The van der Waals surface area contributed by atoms with Gasteiger partial charge in [-0.25, -0.2) is 0 Å². The van der Waals surface area contributed by atoms with Crippen molar-refractivity contribution in [2.45, 2.75) is 32.6 Å². The summed E-state index contributed by atoms with van der Waals surface area (Å²) < 4.78 is 44.4. The molecule has 0 saturated carbocycles. The van der Waals surface area contributed by atoms with Gasteiger partial charge in [-0.2, -0.15) is 13.2 Å². The first kappa shape index (κ1) is 13.7. The monoisotopic (exact) mass is 276 g/mol. The lowest BCUT2D eigenvalue weighted by Gasteiger charge is -2.34. The zero-order chi connectivity index (χ0) is 14.2. The van der Waals surface area contributed by atoms with E-state index < -0.39 is 12.0 Å². The molecule has 1 aliphatic heterocycles. The number of nitrogens with zero attached hydrogens (tertiary/aromatic N) is 4. The highest BCUT2D eigenvalue weighted by Gasteiger charge is 2.40. The van der Waals surface area contributed by atoms with Gasteiger partial charge in [0.15, 0.2) is 5.82 Å². The Morgan fingerprint density at radius 2 is 1.95 bits per heavy atom. The highest BCUT2D eigenvalue weighted by Crippen LogP contribution is 2.32. The third-order valence-corrected chi connectivity index (χ3v) is 2.96. The maximum atomic E-state index is 12.8. The number of alkyl halides is 3. The molecular formula is C11H15F3N4O. The maximum Gasteiger partial charge on any atom is 0.451 e. The largest absolute Gasteiger partial charge is 0.502 e. The van der Waals surface area contributed by atoms with Crippen LogP contribution in [0.15, 0.2) is 6.26 Å². The Morgan fingerprint density at radius 1 is 1.26 bits per heavy atom. The minimum Gasteiger partial charge on any atom is -0.502 e. The van der Waals surface area contributed by atoms with Crippen LogP contribution in [-0.2, 0) is 17.5 Å². The van der Waals surface area contributed by atoms with Gasteiger partial charge < -0.3 is 14.2 Å². The lowest BCUT2D eigenvalue weighted by Crippen LogP contribution is -2.38. The second-order valence-corrected chi connectivity index (χ2v) is 4.52. The predicted octanol–water partition coefficient (Wildman–Crippen LogP) is 1.97. The number of hydrogen-bond acceptors (Lipinski definition) is 4. The quantitative estimate of drug-likeness (QED) is 0.775. The smallest absolute Gasteiger partial charge is 0.451 e. The maximum absolute atomic E-state index is 12.8. The second-order valence-electron chi connectivity index (χ2n) is 4.52. The van der Waals surface area contributed by atoms with Crippen LogP contribution in [0.1, 0.15) is 25.5 Å². The summed E-state index contributed by atoms with van der Waals surface area (Å²) in [6.07, 6.45) is -3.09. The van der Waals surface area contributed by atoms with Crippen LogP contribution in [0.25, 0.3) is 5.70 Å². The topological polar surface area (TPSA) is 43.2 Å². The lowest BCUT2D eigenvalue weighted by atomic mass is 10.2. The van der Waals surface area contributed by atoms with Crippen LogP contribution < -0.4 is 0 Å². The van der Waals surface area contributed by atoms with Gasteiger partial charge in [-0.1, -0.05) is 0 Å². The number of halogens is 3. The molecule has 0 radical (unpaired) electrons. The van der Waals surface area contributed by atoms with E-state index in [0.29, 0.717) is 12.2 Å². The van der Waals surface area contributed by atoms with Crippen molar-refractivity contribution >= 4 is 5.70 Å². The van der Waals surface area contributed by atoms with Crippen molar-refractivity contribution in [1.29, 1.82) is 0 Å². The van der Waals surface area contributed by atoms with Crippen molar-refractivity contribution in [1.82, 2.24) is 19.7 Å². The number of aromatic nitrogens is 3. The highest BCUT2D eigenvalue weighted by molar-refractivity contribution is 5.58. The molecular weight excluding hydrogens is 261 g/mol. The molecule has 0 aliphatic carbocycles. The molecule has 5 nitrogen and oxygen atoms in total. The van der Waals surface area contributed by atoms with Gasteiger partial charge in [0, 0.05) is 19.1 Å². The van der Waals surface area contributed by atoms with Crippen LogP contribution in [0.5, 0.6) is 0 Å². The molecule has 0 aromatic carbocycles. The van der Waals surface area contributed by atoms with E-state index in [4.69, 9.17) is 4.74 Å². The van der Waals surface area contributed by atoms with Crippen LogP contribution in [0, 0.1) is 0 Å². The third kappa shape index (κ3) is 2.39. The fourth-order valence-electron chi connectivity index (χ4n) is 2.14. The third-order valence-electron chi connectivity index (χ3n) is 2.96. The van der Waals surface area contributed by atoms with Crippen LogP contribution in [0.4, 0.5) is 13.2 Å². The normalized spacial score (nSPS) is 18.1. The molecule has 2 rings (SSSR count). The standard InChI is InChI=1S/C11H15F3N4O/c1-7(2)17-4-5-18-9(8(17)6-19-3)15-16-10(18)11(12,13)14/h6-7H,4-5H2,1-3H3/b8-6-. The van der Waals surface area contributed by atoms with E-state index in [0.717, 1.165) is 4.57 Å². The average Bonchev–Trinajstić information content (AvgIpc) is 2.72. The van der Waals surface area contributed by atoms with E-state index in [1.807, 2.05) is 18.7 Å². The molecule has 106 valence electrons. The van der Waals surface area contributed by atoms with Crippen LogP contribution in [0.2, 0.25) is 0 Å². The van der Waals surface area contributed by atoms with E-state index in [-0.39, 0.29) is 18.4 Å². The Morgan fingerprint density at radius 3 is 2.47 bits per heavy atom. The molecule has 8 heteroatoms. The van der Waals surface area contributed by atoms with Gasteiger partial charge in [-0.3, -0.25) is 0 Å². The van der Waals surface area contributed by atoms with Crippen molar-refractivity contribution in [2.75, 3.05) is 13.7 Å². The van der Waals surface area contributed by atoms with E-state index in [9.17, 15) is 13.2 Å². The summed E-state index contributed by atoms with van der Waals surface area (Å²) in [4.78, 5) is 1.94. The second kappa shape index (κ2) is 4.75. The van der Waals surface area contributed by atoms with Crippen LogP contribution in [-0.4, -0.2) is 39.4 Å². The van der Waals surface area contributed by atoms with E-state index in [1.54, 1.807) is 0 Å². The summed E-state index contributed by atoms with van der Waals surface area (Å²) in [5, 5.41) is 6.92. The Hall–Kier alpha value is -1.73. The molecule has 0 saturated heterocycles. The number of ether oxygens (including phenoxy) is 1. The van der Waals surface area contributed by atoms with Crippen molar-refractivity contribution in [3.05, 3.63) is 17.9 Å².